The van der Waals surface area contributed by atoms with Gasteiger partial charge in [-0.2, -0.15) is 0 Å². The minimum atomic E-state index is -0.739. The van der Waals surface area contributed by atoms with Crippen molar-refractivity contribution >= 4 is 0 Å². The molecule has 432 valence electrons. The maximum Gasteiger partial charge on any atom is 0.187 e. The summed E-state index contributed by atoms with van der Waals surface area (Å²) in [5.41, 5.74) is -1.26. The van der Waals surface area contributed by atoms with Gasteiger partial charge in [0, 0.05) is 72.8 Å². The van der Waals surface area contributed by atoms with E-state index in [4.69, 9.17) is 56.8 Å². The van der Waals surface area contributed by atoms with Crippen molar-refractivity contribution in [3.8, 4) is 0 Å². The fraction of sp³-hybridized carbons (Fsp3) is 1.00. The van der Waals surface area contributed by atoms with Gasteiger partial charge in [0.25, 0.3) is 0 Å². The van der Waals surface area contributed by atoms with Gasteiger partial charge in [0.1, 0.15) is 30.5 Å². The standard InChI is InChI=1S/C61H116O12/c1-18-20-22-27-61(16,33-52-54(67-37-43(7)8)49(62-17)25-30-64-52)73-59-58-57(70-40-47(14)46(13)23-29-65-58)56(69-39-45(11)12)53(71-59)34-60(15,26-21-19-2)72-51-32-48(24-28-63-35-41(3)4)31-50(66-36-42(5)6)55(51)68-38-44(9)10/h41-59H,18-40H2,1-17H3/t46-,47+,48+,49+,50-,51-,52+,53+,54-,55+,56+,57-,58+,59+,60?,61?/m0/s1. The van der Waals surface area contributed by atoms with E-state index < -0.39 is 41.9 Å². The third kappa shape index (κ3) is 22.3. The fourth-order valence-corrected chi connectivity index (χ4v) is 11.3. The third-order valence-electron chi connectivity index (χ3n) is 15.7. The van der Waals surface area contributed by atoms with E-state index in [1.165, 1.54) is 0 Å². The molecule has 0 bridgehead atoms. The van der Waals surface area contributed by atoms with Crippen molar-refractivity contribution in [1.29, 1.82) is 0 Å². The van der Waals surface area contributed by atoms with Gasteiger partial charge < -0.3 is 56.8 Å². The Morgan fingerprint density at radius 3 is 1.73 bits per heavy atom. The van der Waals surface area contributed by atoms with Gasteiger partial charge in [-0.15, -0.1) is 0 Å². The molecule has 0 amide bonds. The van der Waals surface area contributed by atoms with Crippen LogP contribution in [0.3, 0.4) is 0 Å². The van der Waals surface area contributed by atoms with Gasteiger partial charge in [-0.25, -0.2) is 0 Å². The SMILES string of the molecule is CCCCCC(C)(C[C@H]1OCC[C@@H](OC)[C@@H]1OCC(C)C)O[C@H]1O[C@H](CC(C)(CCCC)O[C@H]2C[C@H](CCOCC(C)C)C[C@H](OCC(C)C)[C@H]2OCC(C)C)[C@@H](OCC(C)C)[C@@H]2OC[C@@H](C)[C@@H](C)CCO[C@@H]12. The lowest BCUT2D eigenvalue weighted by Crippen LogP contribution is -2.64. The van der Waals surface area contributed by atoms with E-state index in [1.807, 2.05) is 0 Å². The second-order valence-corrected chi connectivity index (χ2v) is 26.0. The summed E-state index contributed by atoms with van der Waals surface area (Å²) in [6, 6.07) is 0. The van der Waals surface area contributed by atoms with E-state index >= 15 is 0 Å². The van der Waals surface area contributed by atoms with Crippen molar-refractivity contribution in [2.24, 2.45) is 47.3 Å². The highest BCUT2D eigenvalue weighted by Crippen LogP contribution is 2.43. The van der Waals surface area contributed by atoms with Crippen molar-refractivity contribution in [3.63, 3.8) is 0 Å². The van der Waals surface area contributed by atoms with Crippen LogP contribution in [0.2, 0.25) is 0 Å². The second kappa shape index (κ2) is 33.2. The van der Waals surface area contributed by atoms with Gasteiger partial charge in [0.15, 0.2) is 6.29 Å². The molecule has 0 radical (unpaired) electrons. The first kappa shape index (κ1) is 65.0. The van der Waals surface area contributed by atoms with Gasteiger partial charge in [0.05, 0.1) is 48.3 Å². The molecule has 0 aromatic carbocycles. The van der Waals surface area contributed by atoms with E-state index in [1.54, 1.807) is 7.11 Å². The Kier molecular flexibility index (Phi) is 29.6. The van der Waals surface area contributed by atoms with Crippen LogP contribution in [0, 0.1) is 47.3 Å². The van der Waals surface area contributed by atoms with Gasteiger partial charge in [-0.1, -0.05) is 129 Å². The summed E-state index contributed by atoms with van der Waals surface area (Å²) in [4.78, 5) is 0. The van der Waals surface area contributed by atoms with Crippen LogP contribution in [0.1, 0.15) is 201 Å². The van der Waals surface area contributed by atoms with E-state index in [-0.39, 0.29) is 36.6 Å². The molecule has 4 fully saturated rings. The molecule has 3 aliphatic heterocycles. The lowest BCUT2D eigenvalue weighted by Gasteiger charge is -2.51. The van der Waals surface area contributed by atoms with Crippen LogP contribution in [0.15, 0.2) is 0 Å². The molecule has 16 atom stereocenters. The van der Waals surface area contributed by atoms with E-state index in [0.717, 1.165) is 90.3 Å². The molecule has 3 heterocycles. The van der Waals surface area contributed by atoms with Gasteiger partial charge in [-0.3, -0.25) is 0 Å². The van der Waals surface area contributed by atoms with Crippen LogP contribution in [0.4, 0.5) is 0 Å². The van der Waals surface area contributed by atoms with Crippen LogP contribution in [-0.2, 0) is 56.8 Å². The molecule has 0 N–H and O–H groups in total. The summed E-state index contributed by atoms with van der Waals surface area (Å²) in [6.07, 6.45) is 9.15. The van der Waals surface area contributed by atoms with Crippen LogP contribution >= 0.6 is 0 Å². The second-order valence-electron chi connectivity index (χ2n) is 26.0. The fourth-order valence-electron chi connectivity index (χ4n) is 11.3. The number of unbranched alkanes of at least 4 members (excludes halogenated alkanes) is 3. The van der Waals surface area contributed by atoms with Crippen LogP contribution < -0.4 is 0 Å². The average Bonchev–Trinajstić information content (AvgIpc) is 3.39. The van der Waals surface area contributed by atoms with Crippen molar-refractivity contribution in [2.75, 3.05) is 66.6 Å². The van der Waals surface area contributed by atoms with Gasteiger partial charge in [0.2, 0.25) is 0 Å². The lowest BCUT2D eigenvalue weighted by molar-refractivity contribution is -0.348. The minimum absolute atomic E-state index is 0.0584. The average molecular weight is 1040 g/mol. The summed E-state index contributed by atoms with van der Waals surface area (Å²) in [5.74, 6) is 3.10. The highest BCUT2D eigenvalue weighted by molar-refractivity contribution is 5.00. The third-order valence-corrected chi connectivity index (χ3v) is 15.7. The molecular weight excluding hydrogens is 925 g/mol. The van der Waals surface area contributed by atoms with Crippen LogP contribution in [0.25, 0.3) is 0 Å². The number of methoxy groups -OCH3 is 1. The van der Waals surface area contributed by atoms with Crippen LogP contribution in [-0.4, -0.2) is 145 Å². The predicted molar refractivity (Wildman–Crippen MR) is 293 cm³/mol. The lowest BCUT2D eigenvalue weighted by atomic mass is 9.80. The number of hydrogen-bond donors (Lipinski definition) is 0. The number of ether oxygens (including phenoxy) is 12. The van der Waals surface area contributed by atoms with E-state index in [0.29, 0.717) is 106 Å². The number of rotatable bonds is 33. The largest absolute Gasteiger partial charge is 0.381 e. The topological polar surface area (TPSA) is 111 Å². The summed E-state index contributed by atoms with van der Waals surface area (Å²) in [6.45, 7) is 41.7. The molecule has 2 unspecified atom stereocenters. The van der Waals surface area contributed by atoms with Crippen molar-refractivity contribution in [3.05, 3.63) is 0 Å². The first-order chi connectivity index (χ1) is 34.7. The predicted octanol–water partition coefficient (Wildman–Crippen LogP) is 13.1. The molecule has 3 saturated heterocycles. The molecular formula is C61H116O12. The van der Waals surface area contributed by atoms with E-state index in [9.17, 15) is 0 Å². The molecule has 4 rings (SSSR count). The Morgan fingerprint density at radius 1 is 0.534 bits per heavy atom. The molecule has 73 heavy (non-hydrogen) atoms. The Hall–Kier alpha value is -0.480. The quantitative estimate of drug-likeness (QED) is 0.0584. The molecule has 0 aromatic heterocycles. The van der Waals surface area contributed by atoms with Crippen LogP contribution in [0.5, 0.6) is 0 Å². The molecule has 1 saturated carbocycles. The Bertz CT molecular complexity index is 1430. The Labute approximate surface area is 448 Å². The van der Waals surface area contributed by atoms with Gasteiger partial charge in [-0.05, 0) is 106 Å². The minimum Gasteiger partial charge on any atom is -0.381 e. The molecule has 0 aromatic rings. The molecule has 0 spiro atoms. The summed E-state index contributed by atoms with van der Waals surface area (Å²) >= 11 is 0. The number of fused-ring (bicyclic) bond motifs is 1. The summed E-state index contributed by atoms with van der Waals surface area (Å²) < 4.78 is 83.9. The smallest absolute Gasteiger partial charge is 0.187 e. The monoisotopic (exact) mass is 1040 g/mol. The molecule has 12 nitrogen and oxygen atoms in total. The highest BCUT2D eigenvalue weighted by atomic mass is 16.7. The first-order valence-electron chi connectivity index (χ1n) is 30.1. The first-order valence-corrected chi connectivity index (χ1v) is 30.1. The normalized spacial score (nSPS) is 33.5. The van der Waals surface area contributed by atoms with Gasteiger partial charge >= 0.3 is 0 Å². The Balaban J connectivity index is 1.81. The van der Waals surface area contributed by atoms with Crippen molar-refractivity contribution < 1.29 is 56.8 Å². The maximum absolute atomic E-state index is 7.78. The zero-order chi connectivity index (χ0) is 53.7. The highest BCUT2D eigenvalue weighted by Gasteiger charge is 2.54. The number of hydrogen-bond acceptors (Lipinski definition) is 12. The maximum atomic E-state index is 7.78. The zero-order valence-corrected chi connectivity index (χ0v) is 50.1. The summed E-state index contributed by atoms with van der Waals surface area (Å²) in [7, 11) is 1.80. The van der Waals surface area contributed by atoms with Crippen molar-refractivity contribution in [1.82, 2.24) is 0 Å². The Morgan fingerprint density at radius 2 is 1.10 bits per heavy atom. The van der Waals surface area contributed by atoms with E-state index in [2.05, 4.69) is 111 Å². The van der Waals surface area contributed by atoms with Crippen molar-refractivity contribution in [2.45, 2.75) is 279 Å². The molecule has 1 aliphatic carbocycles. The molecule has 12 heteroatoms. The molecule has 4 aliphatic rings. The summed E-state index contributed by atoms with van der Waals surface area (Å²) in [5, 5.41) is 0. The zero-order valence-electron chi connectivity index (χ0n) is 50.1.